The maximum absolute atomic E-state index is 11.6. The van der Waals surface area contributed by atoms with Gasteiger partial charge < -0.3 is 9.47 Å². The molecule has 0 amide bonds. The van der Waals surface area contributed by atoms with E-state index in [1.165, 1.54) is 19.3 Å². The van der Waals surface area contributed by atoms with E-state index in [2.05, 4.69) is 6.92 Å². The van der Waals surface area contributed by atoms with Gasteiger partial charge in [0.05, 0.1) is 19.1 Å². The number of esters is 2. The topological polar surface area (TPSA) is 52.6 Å². The first-order valence-corrected chi connectivity index (χ1v) is 8.85. The van der Waals surface area contributed by atoms with Crippen LogP contribution in [0.5, 0.6) is 0 Å². The lowest BCUT2D eigenvalue weighted by molar-refractivity contribution is -0.149. The van der Waals surface area contributed by atoms with E-state index in [0.717, 1.165) is 25.7 Å². The highest BCUT2D eigenvalue weighted by molar-refractivity contribution is 5.72. The van der Waals surface area contributed by atoms with E-state index in [4.69, 9.17) is 9.47 Å². The summed E-state index contributed by atoms with van der Waals surface area (Å²) in [6, 6.07) is 0. The summed E-state index contributed by atoms with van der Waals surface area (Å²) in [4.78, 5) is 22.8. The molecule has 0 fully saturated rings. The molecule has 0 spiro atoms. The van der Waals surface area contributed by atoms with Crippen molar-refractivity contribution in [1.29, 1.82) is 0 Å². The first-order valence-electron chi connectivity index (χ1n) is 8.85. The molecule has 2 unspecified atom stereocenters. The van der Waals surface area contributed by atoms with Gasteiger partial charge in [-0.3, -0.25) is 9.59 Å². The molecule has 4 heteroatoms. The molecule has 4 nitrogen and oxygen atoms in total. The summed E-state index contributed by atoms with van der Waals surface area (Å²) in [6.07, 6.45) is 8.35. The minimum atomic E-state index is -0.0794. The molecule has 0 heterocycles. The summed E-state index contributed by atoms with van der Waals surface area (Å²) in [6.45, 7) is 8.70. The third kappa shape index (κ3) is 10.6. The van der Waals surface area contributed by atoms with Crippen molar-refractivity contribution >= 4 is 11.9 Å². The van der Waals surface area contributed by atoms with Gasteiger partial charge in [-0.15, -0.1) is 0 Å². The van der Waals surface area contributed by atoms with Crippen molar-refractivity contribution in [1.82, 2.24) is 0 Å². The van der Waals surface area contributed by atoms with Crippen molar-refractivity contribution in [3.05, 3.63) is 0 Å². The predicted molar refractivity (Wildman–Crippen MR) is 88.5 cm³/mol. The van der Waals surface area contributed by atoms with Crippen LogP contribution in [0.3, 0.4) is 0 Å². The van der Waals surface area contributed by atoms with Crippen LogP contribution < -0.4 is 0 Å². The summed E-state index contributed by atoms with van der Waals surface area (Å²) >= 11 is 0. The van der Waals surface area contributed by atoms with Crippen LogP contribution in [0.2, 0.25) is 0 Å². The first kappa shape index (κ1) is 20.9. The number of hydrogen-bond acceptors (Lipinski definition) is 4. The van der Waals surface area contributed by atoms with Gasteiger partial charge in [-0.25, -0.2) is 0 Å². The number of carbonyl (C=O) groups is 2. The summed E-state index contributed by atoms with van der Waals surface area (Å²) in [7, 11) is 0. The lowest BCUT2D eigenvalue weighted by Crippen LogP contribution is -2.21. The Morgan fingerprint density at radius 2 is 1.36 bits per heavy atom. The van der Waals surface area contributed by atoms with E-state index in [-0.39, 0.29) is 17.9 Å². The van der Waals surface area contributed by atoms with Crippen molar-refractivity contribution in [2.45, 2.75) is 79.1 Å². The second kappa shape index (κ2) is 13.6. The average Bonchev–Trinajstić information content (AvgIpc) is 2.49. The fraction of sp³-hybridized carbons (Fsp3) is 0.889. The number of carbonyl (C=O) groups excluding carboxylic acids is 2. The Morgan fingerprint density at radius 1 is 0.818 bits per heavy atom. The molecule has 0 aliphatic heterocycles. The van der Waals surface area contributed by atoms with Crippen molar-refractivity contribution < 1.29 is 19.1 Å². The zero-order valence-corrected chi connectivity index (χ0v) is 14.9. The number of hydrogen-bond donors (Lipinski definition) is 0. The molecule has 0 N–H and O–H groups in total. The maximum Gasteiger partial charge on any atom is 0.308 e. The van der Waals surface area contributed by atoms with E-state index in [1.54, 1.807) is 0 Å². The zero-order chi connectivity index (χ0) is 16.8. The van der Waals surface area contributed by atoms with Crippen LogP contribution in [0.25, 0.3) is 0 Å². The Labute approximate surface area is 135 Å². The molecule has 0 saturated carbocycles. The highest BCUT2D eigenvalue weighted by Gasteiger charge is 2.20. The second-order valence-electron chi connectivity index (χ2n) is 5.98. The lowest BCUT2D eigenvalue weighted by atomic mass is 9.90. The molecule has 0 aromatic carbocycles. The third-order valence-corrected chi connectivity index (χ3v) is 4.11. The van der Waals surface area contributed by atoms with Gasteiger partial charge in [-0.1, -0.05) is 46.0 Å². The Kier molecular flexibility index (Phi) is 12.9. The molecule has 0 rings (SSSR count). The van der Waals surface area contributed by atoms with E-state index < -0.39 is 0 Å². The van der Waals surface area contributed by atoms with Gasteiger partial charge in [0.25, 0.3) is 0 Å². The van der Waals surface area contributed by atoms with Gasteiger partial charge >= 0.3 is 11.9 Å². The van der Waals surface area contributed by atoms with Gasteiger partial charge in [0, 0.05) is 6.42 Å². The average molecular weight is 314 g/mol. The predicted octanol–water partition coefficient (Wildman–Crippen LogP) is 4.51. The molecule has 0 bridgehead atoms. The van der Waals surface area contributed by atoms with Crippen LogP contribution >= 0.6 is 0 Å². The van der Waals surface area contributed by atoms with E-state index in [9.17, 15) is 9.59 Å². The molecule has 22 heavy (non-hydrogen) atoms. The van der Waals surface area contributed by atoms with Gasteiger partial charge in [0.15, 0.2) is 0 Å². The zero-order valence-electron chi connectivity index (χ0n) is 14.9. The molecule has 0 aliphatic rings. The molecule has 2 atom stereocenters. The first-order chi connectivity index (χ1) is 10.5. The van der Waals surface area contributed by atoms with Gasteiger partial charge in [0.2, 0.25) is 0 Å². The fourth-order valence-corrected chi connectivity index (χ4v) is 2.43. The van der Waals surface area contributed by atoms with Crippen LogP contribution in [-0.4, -0.2) is 25.2 Å². The largest absolute Gasteiger partial charge is 0.466 e. The van der Waals surface area contributed by atoms with Gasteiger partial charge in [-0.05, 0) is 32.6 Å². The van der Waals surface area contributed by atoms with E-state index in [0.29, 0.717) is 25.6 Å². The molecule has 0 aromatic heterocycles. The summed E-state index contributed by atoms with van der Waals surface area (Å²) in [5.41, 5.74) is 0. The number of rotatable bonds is 13. The molecule has 0 radical (unpaired) electrons. The molecular weight excluding hydrogens is 280 g/mol. The maximum atomic E-state index is 11.6. The number of ether oxygens (including phenoxy) is 2. The Bertz CT molecular complexity index is 301. The normalized spacial score (nSPS) is 13.5. The molecule has 0 aliphatic carbocycles. The smallest absolute Gasteiger partial charge is 0.308 e. The minimum absolute atomic E-state index is 0.00970. The van der Waals surface area contributed by atoms with Crippen molar-refractivity contribution in [3.63, 3.8) is 0 Å². The molecule has 0 aromatic rings. The minimum Gasteiger partial charge on any atom is -0.466 e. The quantitative estimate of drug-likeness (QED) is 0.371. The summed E-state index contributed by atoms with van der Waals surface area (Å²) in [5.74, 6) is 0.214. The van der Waals surface area contributed by atoms with Crippen molar-refractivity contribution in [2.75, 3.05) is 13.2 Å². The highest BCUT2D eigenvalue weighted by atomic mass is 16.5. The van der Waals surface area contributed by atoms with Crippen LogP contribution in [0.4, 0.5) is 0 Å². The highest BCUT2D eigenvalue weighted by Crippen LogP contribution is 2.20. The Morgan fingerprint density at radius 3 is 1.95 bits per heavy atom. The van der Waals surface area contributed by atoms with Crippen molar-refractivity contribution in [3.8, 4) is 0 Å². The summed E-state index contributed by atoms with van der Waals surface area (Å²) in [5, 5.41) is 0. The lowest BCUT2D eigenvalue weighted by Gasteiger charge is -2.18. The van der Waals surface area contributed by atoms with Crippen molar-refractivity contribution in [2.24, 2.45) is 11.8 Å². The Hall–Kier alpha value is -1.06. The van der Waals surface area contributed by atoms with E-state index in [1.807, 2.05) is 20.8 Å². The molecule has 130 valence electrons. The van der Waals surface area contributed by atoms with Crippen LogP contribution in [-0.2, 0) is 19.1 Å². The summed E-state index contributed by atoms with van der Waals surface area (Å²) < 4.78 is 9.95. The van der Waals surface area contributed by atoms with Gasteiger partial charge in [0.1, 0.15) is 0 Å². The van der Waals surface area contributed by atoms with Gasteiger partial charge in [-0.2, -0.15) is 0 Å². The van der Waals surface area contributed by atoms with Crippen LogP contribution in [0.15, 0.2) is 0 Å². The third-order valence-electron chi connectivity index (χ3n) is 4.11. The number of unbranched alkanes of at least 4 members (excludes halogenated alkanes) is 5. The monoisotopic (exact) mass is 314 g/mol. The second-order valence-corrected chi connectivity index (χ2v) is 5.98. The van der Waals surface area contributed by atoms with E-state index >= 15 is 0 Å². The fourth-order valence-electron chi connectivity index (χ4n) is 2.43. The molecule has 0 saturated heterocycles. The molecular formula is C18H34O4. The van der Waals surface area contributed by atoms with Crippen LogP contribution in [0.1, 0.15) is 79.1 Å². The Balaban J connectivity index is 3.49. The van der Waals surface area contributed by atoms with Crippen LogP contribution in [0, 0.1) is 11.8 Å². The standard InChI is InChI=1S/C18H34O4/c1-5-21-17(19)14-12-10-8-7-9-11-13-15(3)16(4)18(20)22-6-2/h15-16H,5-14H2,1-4H3. The SMILES string of the molecule is CCOC(=O)CCCCCCCCC(C)C(C)C(=O)OCC.